The van der Waals surface area contributed by atoms with E-state index < -0.39 is 5.97 Å². The van der Waals surface area contributed by atoms with E-state index in [9.17, 15) is 4.79 Å². The molecule has 148 valence electrons. The zero-order valence-electron chi connectivity index (χ0n) is 16.0. The van der Waals surface area contributed by atoms with Crippen molar-refractivity contribution in [3.63, 3.8) is 0 Å². The second kappa shape index (κ2) is 10.2. The van der Waals surface area contributed by atoms with Crippen LogP contribution in [0.3, 0.4) is 0 Å². The van der Waals surface area contributed by atoms with Crippen LogP contribution < -0.4 is 4.74 Å². The predicted molar refractivity (Wildman–Crippen MR) is 120 cm³/mol. The summed E-state index contributed by atoms with van der Waals surface area (Å²) in [6.45, 7) is 1.66. The normalized spacial score (nSPS) is 11.3. The Morgan fingerprint density at radius 3 is 2.48 bits per heavy atom. The lowest BCUT2D eigenvalue weighted by atomic mass is 9.98. The molecule has 0 aromatic heterocycles. The van der Waals surface area contributed by atoms with Crippen LogP contribution in [0.25, 0.3) is 5.57 Å². The highest BCUT2D eigenvalue weighted by Crippen LogP contribution is 2.30. The van der Waals surface area contributed by atoms with Gasteiger partial charge in [-0.3, -0.25) is 0 Å². The highest BCUT2D eigenvalue weighted by Gasteiger charge is 2.07. The Morgan fingerprint density at radius 1 is 1.03 bits per heavy atom. The van der Waals surface area contributed by atoms with Gasteiger partial charge in [0.25, 0.3) is 0 Å². The first-order valence-electron chi connectivity index (χ1n) is 9.12. The molecule has 0 saturated carbocycles. The summed E-state index contributed by atoms with van der Waals surface area (Å²) in [4.78, 5) is 11.8. The highest BCUT2D eigenvalue weighted by atomic mass is 35.5. The molecule has 0 aliphatic carbocycles. The number of benzene rings is 3. The van der Waals surface area contributed by atoms with Gasteiger partial charge in [-0.25, -0.2) is 4.79 Å². The predicted octanol–water partition coefficient (Wildman–Crippen LogP) is 6.34. The number of carboxylic acid groups (broad SMARTS) is 1. The maximum atomic E-state index is 10.6. The number of ether oxygens (including phenoxy) is 1. The molecule has 0 fully saturated rings. The second-order valence-electron chi connectivity index (χ2n) is 6.41. The summed E-state index contributed by atoms with van der Waals surface area (Å²) in [5.41, 5.74) is 4.41. The molecule has 3 aromatic rings. The first kappa shape index (κ1) is 21.0. The first-order chi connectivity index (χ1) is 14.0. The minimum atomic E-state index is -0.985. The Balaban J connectivity index is 1.77. The number of halogens is 1. The van der Waals surface area contributed by atoms with Gasteiger partial charge in [0.2, 0.25) is 0 Å². The number of aryl methyl sites for hydroxylation is 1. The van der Waals surface area contributed by atoms with E-state index in [0.29, 0.717) is 10.8 Å². The van der Waals surface area contributed by atoms with Gasteiger partial charge >= 0.3 is 5.97 Å². The molecule has 0 heterocycles. The van der Waals surface area contributed by atoms with Gasteiger partial charge in [-0.15, -0.1) is 11.8 Å². The van der Waals surface area contributed by atoms with Crippen molar-refractivity contribution in [2.75, 3.05) is 12.4 Å². The van der Waals surface area contributed by atoms with Crippen LogP contribution in [-0.2, 0) is 4.79 Å². The third-order valence-corrected chi connectivity index (χ3v) is 5.59. The average Bonchev–Trinajstić information content (AvgIpc) is 2.71. The van der Waals surface area contributed by atoms with Crippen molar-refractivity contribution in [1.82, 2.24) is 0 Å². The lowest BCUT2D eigenvalue weighted by Crippen LogP contribution is -2.09. The maximum absolute atomic E-state index is 10.6. The zero-order valence-corrected chi connectivity index (χ0v) is 17.5. The number of rotatable bonds is 8. The number of thioether (sulfide) groups is 1. The minimum Gasteiger partial charge on any atom is -0.482 e. The van der Waals surface area contributed by atoms with Crippen LogP contribution in [0.2, 0.25) is 5.02 Å². The average molecular weight is 425 g/mol. The number of carboxylic acids is 1. The van der Waals surface area contributed by atoms with Crippen LogP contribution in [0, 0.1) is 6.92 Å². The van der Waals surface area contributed by atoms with E-state index in [2.05, 4.69) is 24.3 Å². The Kier molecular flexibility index (Phi) is 7.39. The van der Waals surface area contributed by atoms with Gasteiger partial charge in [0.1, 0.15) is 5.75 Å². The van der Waals surface area contributed by atoms with Crippen LogP contribution >= 0.6 is 23.4 Å². The molecule has 0 saturated heterocycles. The quantitative estimate of drug-likeness (QED) is 0.429. The lowest BCUT2D eigenvalue weighted by Gasteiger charge is -2.11. The zero-order chi connectivity index (χ0) is 20.6. The molecule has 3 rings (SSSR count). The smallest absolute Gasteiger partial charge is 0.341 e. The molecule has 0 spiro atoms. The maximum Gasteiger partial charge on any atom is 0.341 e. The van der Waals surface area contributed by atoms with Gasteiger partial charge in [-0.1, -0.05) is 60.1 Å². The summed E-state index contributed by atoms with van der Waals surface area (Å²) in [5.74, 6) is 0.363. The van der Waals surface area contributed by atoms with E-state index in [4.69, 9.17) is 21.4 Å². The molecule has 0 aliphatic heterocycles. The Hall–Kier alpha value is -2.69. The Morgan fingerprint density at radius 2 is 1.79 bits per heavy atom. The SMILES string of the molecule is Cc1cc(OCC(=O)O)ccc1SC/C=C(/c1ccccc1)c1cccc(Cl)c1. The monoisotopic (exact) mass is 424 g/mol. The number of carbonyl (C=O) groups is 1. The highest BCUT2D eigenvalue weighted by molar-refractivity contribution is 7.99. The van der Waals surface area contributed by atoms with Crippen molar-refractivity contribution in [3.8, 4) is 5.75 Å². The largest absolute Gasteiger partial charge is 0.482 e. The van der Waals surface area contributed by atoms with Crippen LogP contribution in [0.5, 0.6) is 5.75 Å². The van der Waals surface area contributed by atoms with Crippen LogP contribution in [-0.4, -0.2) is 23.4 Å². The number of hydrogen-bond donors (Lipinski definition) is 1. The van der Waals surface area contributed by atoms with Crippen molar-refractivity contribution in [2.45, 2.75) is 11.8 Å². The fourth-order valence-electron chi connectivity index (χ4n) is 2.91. The van der Waals surface area contributed by atoms with Crippen LogP contribution in [0.15, 0.2) is 83.8 Å². The van der Waals surface area contributed by atoms with E-state index >= 15 is 0 Å². The molecule has 0 unspecified atom stereocenters. The lowest BCUT2D eigenvalue weighted by molar-refractivity contribution is -0.139. The van der Waals surface area contributed by atoms with Gasteiger partial charge in [0.15, 0.2) is 6.61 Å². The first-order valence-corrected chi connectivity index (χ1v) is 10.5. The van der Waals surface area contributed by atoms with Crippen molar-refractivity contribution in [2.24, 2.45) is 0 Å². The van der Waals surface area contributed by atoms with E-state index in [1.165, 1.54) is 0 Å². The minimum absolute atomic E-state index is 0.339. The van der Waals surface area contributed by atoms with Crippen LogP contribution in [0.4, 0.5) is 0 Å². The molecular weight excluding hydrogens is 404 g/mol. The molecule has 29 heavy (non-hydrogen) atoms. The van der Waals surface area contributed by atoms with Gasteiger partial charge < -0.3 is 9.84 Å². The molecule has 3 aromatic carbocycles. The summed E-state index contributed by atoms with van der Waals surface area (Å²) < 4.78 is 5.24. The molecule has 3 nitrogen and oxygen atoms in total. The summed E-state index contributed by atoms with van der Waals surface area (Å²) >= 11 is 7.93. The van der Waals surface area contributed by atoms with E-state index in [0.717, 1.165) is 32.9 Å². The molecule has 0 radical (unpaired) electrons. The van der Waals surface area contributed by atoms with Gasteiger partial charge in [-0.05, 0) is 59.5 Å². The van der Waals surface area contributed by atoms with E-state index in [1.54, 1.807) is 17.8 Å². The standard InChI is InChI=1S/C24H21ClO3S/c1-17-14-21(28-16-24(26)27)10-11-23(17)29-13-12-22(18-6-3-2-4-7-18)19-8-5-9-20(25)15-19/h2-12,14-15H,13,16H2,1H3,(H,26,27)/b22-12-. The number of hydrogen-bond acceptors (Lipinski definition) is 3. The number of aliphatic carboxylic acids is 1. The molecule has 5 heteroatoms. The molecular formula is C24H21ClO3S. The van der Waals surface area contributed by atoms with Crippen molar-refractivity contribution < 1.29 is 14.6 Å². The van der Waals surface area contributed by atoms with Gasteiger partial charge in [-0.2, -0.15) is 0 Å². The van der Waals surface area contributed by atoms with Gasteiger partial charge in [0, 0.05) is 15.7 Å². The van der Waals surface area contributed by atoms with E-state index in [-0.39, 0.29) is 6.61 Å². The fraction of sp³-hybridized carbons (Fsp3) is 0.125. The third kappa shape index (κ3) is 6.14. The molecule has 0 amide bonds. The fourth-order valence-corrected chi connectivity index (χ4v) is 3.98. The second-order valence-corrected chi connectivity index (χ2v) is 7.91. The Bertz CT molecular complexity index is 1020. The third-order valence-electron chi connectivity index (χ3n) is 4.26. The van der Waals surface area contributed by atoms with Gasteiger partial charge in [0.05, 0.1) is 0 Å². The summed E-state index contributed by atoms with van der Waals surface area (Å²) in [5, 5.41) is 9.44. The molecule has 1 N–H and O–H groups in total. The van der Waals surface area contributed by atoms with Crippen LogP contribution in [0.1, 0.15) is 16.7 Å². The molecule has 0 atom stereocenters. The topological polar surface area (TPSA) is 46.5 Å². The van der Waals surface area contributed by atoms with Crippen molar-refractivity contribution in [3.05, 3.63) is 101 Å². The summed E-state index contributed by atoms with van der Waals surface area (Å²) in [6.07, 6.45) is 2.21. The Labute approximate surface area is 180 Å². The summed E-state index contributed by atoms with van der Waals surface area (Å²) in [6, 6.07) is 23.8. The van der Waals surface area contributed by atoms with E-state index in [1.807, 2.05) is 55.5 Å². The molecule has 0 aliphatic rings. The molecule has 0 bridgehead atoms. The summed E-state index contributed by atoms with van der Waals surface area (Å²) in [7, 11) is 0. The van der Waals surface area contributed by atoms with Crippen molar-refractivity contribution in [1.29, 1.82) is 0 Å². The van der Waals surface area contributed by atoms with Crippen molar-refractivity contribution >= 4 is 34.9 Å².